The minimum Gasteiger partial charge on any atom is -0.388 e. The third-order valence-corrected chi connectivity index (χ3v) is 2.25. The Balaban J connectivity index is 2.18. The Morgan fingerprint density at radius 2 is 1.89 bits per heavy atom. The predicted molar refractivity (Wildman–Crippen MR) is 59.0 cm³/mol. The molecule has 1 aromatic carbocycles. The van der Waals surface area contributed by atoms with Gasteiger partial charge in [-0.25, -0.2) is 0 Å². The monoisotopic (exact) mass is 257 g/mol. The van der Waals surface area contributed by atoms with Crippen LogP contribution >= 0.6 is 0 Å². The number of anilines is 1. The van der Waals surface area contributed by atoms with Crippen molar-refractivity contribution in [1.82, 2.24) is 10.1 Å². The van der Waals surface area contributed by atoms with E-state index in [-0.39, 0.29) is 11.7 Å². The summed E-state index contributed by atoms with van der Waals surface area (Å²) in [5.41, 5.74) is 1.46. The van der Waals surface area contributed by atoms with Crippen molar-refractivity contribution in [3.8, 4) is 11.5 Å². The fraction of sp³-hybridized carbons (Fsp3) is 0.273. The lowest BCUT2D eigenvalue weighted by Crippen LogP contribution is -2.12. The van der Waals surface area contributed by atoms with Crippen LogP contribution in [0.4, 0.5) is 18.9 Å². The highest BCUT2D eigenvalue weighted by molar-refractivity contribution is 5.58. The van der Waals surface area contributed by atoms with Crippen molar-refractivity contribution >= 4 is 5.69 Å². The summed E-state index contributed by atoms with van der Waals surface area (Å²) in [6, 6.07) is 6.92. The first-order valence-electron chi connectivity index (χ1n) is 5.15. The number of halogens is 3. The van der Waals surface area contributed by atoms with Gasteiger partial charge < -0.3 is 9.84 Å². The minimum absolute atomic E-state index is 0.0805. The number of hydrogen-bond donors (Lipinski definition) is 1. The van der Waals surface area contributed by atoms with Crippen molar-refractivity contribution in [3.05, 3.63) is 30.1 Å². The third kappa shape index (κ3) is 2.99. The van der Waals surface area contributed by atoms with Crippen LogP contribution in [0.15, 0.2) is 28.8 Å². The standard InChI is InChI=1S/C11H10F3N3O/c1-15-8-4-2-7(3-5-8)10-16-9(17-18-10)6-11(12,13)14/h2-5,15H,6H2,1H3. The van der Waals surface area contributed by atoms with E-state index in [4.69, 9.17) is 4.52 Å². The molecule has 0 aliphatic carbocycles. The molecule has 0 spiro atoms. The average molecular weight is 257 g/mol. The van der Waals surface area contributed by atoms with Crippen LogP contribution in [0.2, 0.25) is 0 Å². The van der Waals surface area contributed by atoms with Gasteiger partial charge in [0.25, 0.3) is 5.89 Å². The highest BCUT2D eigenvalue weighted by Crippen LogP contribution is 2.23. The van der Waals surface area contributed by atoms with Gasteiger partial charge in [0.2, 0.25) is 0 Å². The maximum Gasteiger partial charge on any atom is 0.396 e. The van der Waals surface area contributed by atoms with E-state index in [0.29, 0.717) is 5.56 Å². The number of hydrogen-bond acceptors (Lipinski definition) is 4. The molecule has 0 unspecified atom stereocenters. The highest BCUT2D eigenvalue weighted by Gasteiger charge is 2.30. The quantitative estimate of drug-likeness (QED) is 0.918. The van der Waals surface area contributed by atoms with E-state index < -0.39 is 12.6 Å². The number of nitrogens with zero attached hydrogens (tertiary/aromatic N) is 2. The van der Waals surface area contributed by atoms with Crippen LogP contribution in [0.1, 0.15) is 5.82 Å². The molecule has 96 valence electrons. The van der Waals surface area contributed by atoms with Gasteiger partial charge in [-0.05, 0) is 24.3 Å². The Morgan fingerprint density at radius 1 is 1.22 bits per heavy atom. The Bertz CT molecular complexity index is 519. The van der Waals surface area contributed by atoms with E-state index in [1.54, 1.807) is 31.3 Å². The van der Waals surface area contributed by atoms with Gasteiger partial charge in [0.1, 0.15) is 6.42 Å². The third-order valence-electron chi connectivity index (χ3n) is 2.25. The lowest BCUT2D eigenvalue weighted by molar-refractivity contribution is -0.128. The van der Waals surface area contributed by atoms with Crippen molar-refractivity contribution in [2.24, 2.45) is 0 Å². The van der Waals surface area contributed by atoms with Crippen LogP contribution in [-0.4, -0.2) is 23.4 Å². The lowest BCUT2D eigenvalue weighted by Gasteiger charge is -2.00. The maximum atomic E-state index is 12.1. The molecule has 0 aliphatic heterocycles. The van der Waals surface area contributed by atoms with Crippen LogP contribution in [0, 0.1) is 0 Å². The van der Waals surface area contributed by atoms with Crippen molar-refractivity contribution in [1.29, 1.82) is 0 Å². The molecule has 0 amide bonds. The zero-order valence-corrected chi connectivity index (χ0v) is 9.45. The maximum absolute atomic E-state index is 12.1. The van der Waals surface area contributed by atoms with Gasteiger partial charge in [-0.3, -0.25) is 0 Å². The number of nitrogens with one attached hydrogen (secondary N) is 1. The van der Waals surface area contributed by atoms with Crippen molar-refractivity contribution in [2.45, 2.75) is 12.6 Å². The number of benzene rings is 1. The molecule has 0 bridgehead atoms. The highest BCUT2D eigenvalue weighted by atomic mass is 19.4. The van der Waals surface area contributed by atoms with Crippen LogP contribution in [0.25, 0.3) is 11.5 Å². The first kappa shape index (κ1) is 12.4. The molecule has 1 N–H and O–H groups in total. The first-order chi connectivity index (χ1) is 8.48. The van der Waals surface area contributed by atoms with Crippen molar-refractivity contribution < 1.29 is 17.7 Å². The summed E-state index contributed by atoms with van der Waals surface area (Å²) in [7, 11) is 1.77. The van der Waals surface area contributed by atoms with Gasteiger partial charge in [-0.2, -0.15) is 18.2 Å². The normalized spacial score (nSPS) is 11.6. The molecule has 4 nitrogen and oxygen atoms in total. The van der Waals surface area contributed by atoms with Gasteiger partial charge >= 0.3 is 6.18 Å². The summed E-state index contributed by atoms with van der Waals surface area (Å²) >= 11 is 0. The second kappa shape index (κ2) is 4.67. The molecule has 7 heteroatoms. The van der Waals surface area contributed by atoms with Crippen molar-refractivity contribution in [2.75, 3.05) is 12.4 Å². The van der Waals surface area contributed by atoms with E-state index >= 15 is 0 Å². The number of aromatic nitrogens is 2. The SMILES string of the molecule is CNc1ccc(-c2nc(CC(F)(F)F)no2)cc1. The molecule has 2 aromatic rings. The average Bonchev–Trinajstić information content (AvgIpc) is 2.75. The van der Waals surface area contributed by atoms with Crippen LogP contribution < -0.4 is 5.32 Å². The minimum atomic E-state index is -4.34. The van der Waals surface area contributed by atoms with E-state index in [1.165, 1.54) is 0 Å². The summed E-state index contributed by atoms with van der Waals surface area (Å²) in [5, 5.41) is 6.23. The molecule has 0 aliphatic rings. The second-order valence-corrected chi connectivity index (χ2v) is 3.64. The first-order valence-corrected chi connectivity index (χ1v) is 5.15. The summed E-state index contributed by atoms with van der Waals surface area (Å²) < 4.78 is 41.2. The summed E-state index contributed by atoms with van der Waals surface area (Å²) in [6.07, 6.45) is -5.53. The molecule has 1 heterocycles. The summed E-state index contributed by atoms with van der Waals surface area (Å²) in [6.45, 7) is 0. The van der Waals surface area contributed by atoms with Crippen LogP contribution in [0.5, 0.6) is 0 Å². The molecule has 0 saturated carbocycles. The van der Waals surface area contributed by atoms with Crippen molar-refractivity contribution in [3.63, 3.8) is 0 Å². The fourth-order valence-electron chi connectivity index (χ4n) is 1.40. The summed E-state index contributed by atoms with van der Waals surface area (Å²) in [5.74, 6) is -0.285. The Labute approximate surface area is 101 Å². The second-order valence-electron chi connectivity index (χ2n) is 3.64. The van der Waals surface area contributed by atoms with Gasteiger partial charge in [0.15, 0.2) is 5.82 Å². The summed E-state index contributed by atoms with van der Waals surface area (Å²) in [4.78, 5) is 3.70. The lowest BCUT2D eigenvalue weighted by atomic mass is 10.2. The molecule has 0 saturated heterocycles. The fourth-order valence-corrected chi connectivity index (χ4v) is 1.40. The molecule has 0 radical (unpaired) electrons. The molecule has 1 aromatic heterocycles. The van der Waals surface area contributed by atoms with Gasteiger partial charge in [-0.15, -0.1) is 0 Å². The zero-order chi connectivity index (χ0) is 13.2. The zero-order valence-electron chi connectivity index (χ0n) is 9.45. The number of alkyl halides is 3. The molecular weight excluding hydrogens is 247 g/mol. The Hall–Kier alpha value is -2.05. The van der Waals surface area contributed by atoms with E-state index in [0.717, 1.165) is 5.69 Å². The molecule has 0 atom stereocenters. The number of rotatable bonds is 3. The van der Waals surface area contributed by atoms with Gasteiger partial charge in [0, 0.05) is 18.3 Å². The van der Waals surface area contributed by atoms with Gasteiger partial charge in [0.05, 0.1) is 0 Å². The Morgan fingerprint density at radius 3 is 2.44 bits per heavy atom. The van der Waals surface area contributed by atoms with E-state index in [2.05, 4.69) is 15.5 Å². The van der Waals surface area contributed by atoms with Crippen LogP contribution in [0.3, 0.4) is 0 Å². The molecule has 2 rings (SSSR count). The molecule has 18 heavy (non-hydrogen) atoms. The largest absolute Gasteiger partial charge is 0.396 e. The molecular formula is C11H10F3N3O. The van der Waals surface area contributed by atoms with Crippen LogP contribution in [-0.2, 0) is 6.42 Å². The van der Waals surface area contributed by atoms with E-state index in [1.807, 2.05) is 0 Å². The van der Waals surface area contributed by atoms with E-state index in [9.17, 15) is 13.2 Å². The topological polar surface area (TPSA) is 51.0 Å². The van der Waals surface area contributed by atoms with Gasteiger partial charge in [-0.1, -0.05) is 5.16 Å². The Kier molecular flexibility index (Phi) is 3.22. The molecule has 0 fully saturated rings. The predicted octanol–water partition coefficient (Wildman–Crippen LogP) is 2.88. The smallest absolute Gasteiger partial charge is 0.388 e.